The number of piperazine rings is 1. The molecule has 1 fully saturated rings. The first kappa shape index (κ1) is 14.4. The molecule has 2 heterocycles. The van der Waals surface area contributed by atoms with Crippen LogP contribution in [0, 0.1) is 6.92 Å². The predicted molar refractivity (Wildman–Crippen MR) is 68.5 cm³/mol. The normalized spacial score (nSPS) is 19.2. The van der Waals surface area contributed by atoms with Gasteiger partial charge in [-0.05, 0) is 0 Å². The van der Waals surface area contributed by atoms with Crippen LogP contribution in [0.5, 0.6) is 0 Å². The lowest BCUT2D eigenvalue weighted by atomic mass is 10.3. The Kier molecular flexibility index (Phi) is 4.19. The first-order valence-electron chi connectivity index (χ1n) is 6.08. The Labute approximate surface area is 113 Å². The van der Waals surface area contributed by atoms with Crippen LogP contribution in [0.3, 0.4) is 0 Å². The maximum atomic E-state index is 11.9. The smallest absolute Gasteiger partial charge is 0.281 e. The summed E-state index contributed by atoms with van der Waals surface area (Å²) in [5, 5.41) is 7.71. The Morgan fingerprint density at radius 2 is 1.84 bits per heavy atom. The van der Waals surface area contributed by atoms with Gasteiger partial charge in [-0.25, -0.2) is 0 Å². The fraction of sp³-hybridized carbons (Fsp3) is 0.800. The van der Waals surface area contributed by atoms with Crippen molar-refractivity contribution in [2.24, 2.45) is 0 Å². The largest absolute Gasteiger partial charge is 0.424 e. The van der Waals surface area contributed by atoms with E-state index in [9.17, 15) is 8.42 Å². The molecule has 0 unspecified atom stereocenters. The third-order valence-corrected chi connectivity index (χ3v) is 4.99. The maximum absolute atomic E-state index is 11.9. The minimum Gasteiger partial charge on any atom is -0.424 e. The van der Waals surface area contributed by atoms with E-state index in [4.69, 9.17) is 4.42 Å². The first-order chi connectivity index (χ1) is 8.89. The Bertz CT molecular complexity index is 519. The fourth-order valence-corrected chi connectivity index (χ4v) is 3.03. The van der Waals surface area contributed by atoms with Crippen LogP contribution in [-0.2, 0) is 16.8 Å². The van der Waals surface area contributed by atoms with Crippen LogP contribution in [0.15, 0.2) is 4.42 Å². The van der Waals surface area contributed by atoms with Gasteiger partial charge in [0.2, 0.25) is 11.8 Å². The molecule has 0 spiro atoms. The Morgan fingerprint density at radius 1 is 1.21 bits per heavy atom. The molecule has 9 heteroatoms. The van der Waals surface area contributed by atoms with Crippen LogP contribution < -0.4 is 0 Å². The van der Waals surface area contributed by atoms with Crippen LogP contribution >= 0.6 is 0 Å². The summed E-state index contributed by atoms with van der Waals surface area (Å²) in [7, 11) is -0.214. The van der Waals surface area contributed by atoms with Gasteiger partial charge in [0.25, 0.3) is 10.2 Å². The standard InChI is InChI=1S/C10H19N5O3S/c1-9-11-12-10(18-9)8-14-4-6-15(7-5-14)19(16,17)13(2)3/h4-8H2,1-3H3. The van der Waals surface area contributed by atoms with Gasteiger partial charge >= 0.3 is 0 Å². The van der Waals surface area contributed by atoms with Gasteiger partial charge in [-0.15, -0.1) is 10.2 Å². The maximum Gasteiger partial charge on any atom is 0.281 e. The molecule has 0 amide bonds. The van der Waals surface area contributed by atoms with Crippen molar-refractivity contribution < 1.29 is 12.8 Å². The molecule has 0 saturated carbocycles. The molecule has 1 aliphatic rings. The van der Waals surface area contributed by atoms with Crippen molar-refractivity contribution in [2.45, 2.75) is 13.5 Å². The molecule has 8 nitrogen and oxygen atoms in total. The van der Waals surface area contributed by atoms with E-state index in [-0.39, 0.29) is 0 Å². The molecule has 2 rings (SSSR count). The Balaban J connectivity index is 1.89. The highest BCUT2D eigenvalue weighted by Gasteiger charge is 2.28. The first-order valence-corrected chi connectivity index (χ1v) is 7.48. The summed E-state index contributed by atoms with van der Waals surface area (Å²) in [5.41, 5.74) is 0. The van der Waals surface area contributed by atoms with E-state index >= 15 is 0 Å². The van der Waals surface area contributed by atoms with Gasteiger partial charge in [-0.2, -0.15) is 17.0 Å². The molecule has 0 N–H and O–H groups in total. The second-order valence-corrected chi connectivity index (χ2v) is 6.82. The zero-order valence-corrected chi connectivity index (χ0v) is 12.2. The van der Waals surface area contributed by atoms with Crippen molar-refractivity contribution in [3.8, 4) is 0 Å². The van der Waals surface area contributed by atoms with Gasteiger partial charge in [0, 0.05) is 47.2 Å². The highest BCUT2D eigenvalue weighted by molar-refractivity contribution is 7.86. The lowest BCUT2D eigenvalue weighted by Gasteiger charge is -2.34. The number of aryl methyl sites for hydroxylation is 1. The van der Waals surface area contributed by atoms with E-state index < -0.39 is 10.2 Å². The summed E-state index contributed by atoms with van der Waals surface area (Å²) in [6.07, 6.45) is 0. The molecule has 1 aliphatic heterocycles. The molecule has 1 aromatic heterocycles. The summed E-state index contributed by atoms with van der Waals surface area (Å²) in [6.45, 7) is 4.60. The number of hydrogen-bond donors (Lipinski definition) is 0. The molecular formula is C10H19N5O3S. The molecule has 0 radical (unpaired) electrons. The molecule has 0 aromatic carbocycles. The second kappa shape index (κ2) is 5.53. The Morgan fingerprint density at radius 3 is 2.32 bits per heavy atom. The van der Waals surface area contributed by atoms with Crippen molar-refractivity contribution in [3.63, 3.8) is 0 Å². The minimum absolute atomic E-state index is 0.480. The zero-order chi connectivity index (χ0) is 14.0. The highest BCUT2D eigenvalue weighted by atomic mass is 32.2. The van der Waals surface area contributed by atoms with Gasteiger partial charge in [0.05, 0.1) is 6.54 Å². The average Bonchev–Trinajstić information content (AvgIpc) is 2.75. The molecule has 1 saturated heterocycles. The molecule has 1 aromatic rings. The van der Waals surface area contributed by atoms with Crippen LogP contribution in [-0.4, -0.2) is 72.4 Å². The van der Waals surface area contributed by atoms with Crippen molar-refractivity contribution in [1.82, 2.24) is 23.7 Å². The summed E-state index contributed by atoms with van der Waals surface area (Å²) in [6, 6.07) is 0. The van der Waals surface area contributed by atoms with Gasteiger partial charge < -0.3 is 4.42 Å². The summed E-state index contributed by atoms with van der Waals surface area (Å²) in [4.78, 5) is 2.11. The van der Waals surface area contributed by atoms with Crippen molar-refractivity contribution in [2.75, 3.05) is 40.3 Å². The summed E-state index contributed by atoms with van der Waals surface area (Å²) >= 11 is 0. The van der Waals surface area contributed by atoms with Gasteiger partial charge in [0.1, 0.15) is 0 Å². The number of nitrogens with zero attached hydrogens (tertiary/aromatic N) is 5. The van der Waals surface area contributed by atoms with Crippen LogP contribution in [0.1, 0.15) is 11.8 Å². The van der Waals surface area contributed by atoms with Crippen LogP contribution in [0.2, 0.25) is 0 Å². The van der Waals surface area contributed by atoms with E-state index in [1.54, 1.807) is 21.0 Å². The molecule has 0 atom stereocenters. The van der Waals surface area contributed by atoms with E-state index in [0.29, 0.717) is 44.5 Å². The van der Waals surface area contributed by atoms with E-state index in [1.165, 1.54) is 8.61 Å². The SMILES string of the molecule is Cc1nnc(CN2CCN(S(=O)(=O)N(C)C)CC2)o1. The van der Waals surface area contributed by atoms with Crippen LogP contribution in [0.4, 0.5) is 0 Å². The van der Waals surface area contributed by atoms with Gasteiger partial charge in [-0.3, -0.25) is 4.90 Å². The second-order valence-electron chi connectivity index (χ2n) is 4.68. The van der Waals surface area contributed by atoms with E-state index in [2.05, 4.69) is 15.1 Å². The predicted octanol–water partition coefficient (Wildman–Crippen LogP) is -0.698. The molecular weight excluding hydrogens is 270 g/mol. The lowest BCUT2D eigenvalue weighted by molar-refractivity contribution is 0.164. The van der Waals surface area contributed by atoms with Crippen molar-refractivity contribution >= 4 is 10.2 Å². The highest BCUT2D eigenvalue weighted by Crippen LogP contribution is 2.11. The monoisotopic (exact) mass is 289 g/mol. The molecule has 108 valence electrons. The quantitative estimate of drug-likeness (QED) is 0.729. The molecule has 0 aliphatic carbocycles. The summed E-state index contributed by atoms with van der Waals surface area (Å²) < 4.78 is 31.9. The molecule has 0 bridgehead atoms. The Hall–Kier alpha value is -1.03. The summed E-state index contributed by atoms with van der Waals surface area (Å²) in [5.74, 6) is 1.12. The van der Waals surface area contributed by atoms with E-state index in [1.807, 2.05) is 0 Å². The topological polar surface area (TPSA) is 82.8 Å². The van der Waals surface area contributed by atoms with Crippen molar-refractivity contribution in [1.29, 1.82) is 0 Å². The van der Waals surface area contributed by atoms with Crippen molar-refractivity contribution in [3.05, 3.63) is 11.8 Å². The minimum atomic E-state index is -3.30. The number of hydrogen-bond acceptors (Lipinski definition) is 6. The number of aromatic nitrogens is 2. The van der Waals surface area contributed by atoms with Gasteiger partial charge in [0.15, 0.2) is 0 Å². The third-order valence-electron chi connectivity index (χ3n) is 3.05. The third kappa shape index (κ3) is 3.30. The number of rotatable bonds is 4. The fourth-order valence-electron chi connectivity index (χ4n) is 1.94. The van der Waals surface area contributed by atoms with Crippen LogP contribution in [0.25, 0.3) is 0 Å². The van der Waals surface area contributed by atoms with Gasteiger partial charge in [-0.1, -0.05) is 0 Å². The lowest BCUT2D eigenvalue weighted by Crippen LogP contribution is -2.51. The van der Waals surface area contributed by atoms with E-state index in [0.717, 1.165) is 0 Å². The zero-order valence-electron chi connectivity index (χ0n) is 11.4. The molecule has 19 heavy (non-hydrogen) atoms. The average molecular weight is 289 g/mol.